The highest BCUT2D eigenvalue weighted by Crippen LogP contribution is 2.38. The molecule has 0 aromatic heterocycles. The first-order chi connectivity index (χ1) is 11.5. The third-order valence-electron chi connectivity index (χ3n) is 4.60. The number of methoxy groups -OCH3 is 1. The Balaban J connectivity index is 2.37. The molecule has 1 saturated heterocycles. The van der Waals surface area contributed by atoms with Crippen molar-refractivity contribution < 1.29 is 27.6 Å². The minimum atomic E-state index is -1.07. The summed E-state index contributed by atoms with van der Waals surface area (Å²) in [5.74, 6) is -3.10. The molecule has 25 heavy (non-hydrogen) atoms. The van der Waals surface area contributed by atoms with Crippen molar-refractivity contribution in [3.8, 4) is 0 Å². The zero-order valence-electron chi connectivity index (χ0n) is 15.0. The molecule has 2 N–H and O–H groups in total. The third kappa shape index (κ3) is 3.76. The normalized spacial score (nSPS) is 19.2. The van der Waals surface area contributed by atoms with Crippen LogP contribution >= 0.6 is 0 Å². The largest absolute Gasteiger partial charge is 0.491 e. The fraction of sp³-hybridized carbons (Fsp3) is 0.471. The molecule has 5 nitrogen and oxygen atoms in total. The monoisotopic (exact) mass is 353 g/mol. The molecule has 2 rings (SSSR count). The Labute approximate surface area is 146 Å². The number of carbonyl (C=O) groups excluding carboxylic acids is 1. The van der Waals surface area contributed by atoms with Gasteiger partial charge in [-0.05, 0) is 50.9 Å². The van der Waals surface area contributed by atoms with Gasteiger partial charge in [0.05, 0.1) is 18.3 Å². The van der Waals surface area contributed by atoms with Gasteiger partial charge in [0.15, 0.2) is 0 Å². The van der Waals surface area contributed by atoms with E-state index in [0.717, 1.165) is 19.2 Å². The molecule has 1 aromatic rings. The molecule has 8 heteroatoms. The zero-order valence-corrected chi connectivity index (χ0v) is 15.0. The minimum Gasteiger partial charge on any atom is -0.465 e. The van der Waals surface area contributed by atoms with Crippen LogP contribution in [0, 0.1) is 11.6 Å². The van der Waals surface area contributed by atoms with Gasteiger partial charge in [0.25, 0.3) is 0 Å². The molecule has 0 aliphatic carbocycles. The Morgan fingerprint density at radius 3 is 2.08 bits per heavy atom. The van der Waals surface area contributed by atoms with Gasteiger partial charge in [0.1, 0.15) is 17.2 Å². The van der Waals surface area contributed by atoms with E-state index in [4.69, 9.17) is 15.0 Å². The molecule has 1 aliphatic rings. The average Bonchev–Trinajstić information content (AvgIpc) is 2.71. The lowest BCUT2D eigenvalue weighted by Gasteiger charge is -2.32. The second-order valence-electron chi connectivity index (χ2n) is 6.86. The topological polar surface area (TPSA) is 70.8 Å². The van der Waals surface area contributed by atoms with Gasteiger partial charge in [-0.25, -0.2) is 13.6 Å². The fourth-order valence-corrected chi connectivity index (χ4v) is 2.40. The van der Waals surface area contributed by atoms with Crippen molar-refractivity contribution in [2.24, 2.45) is 5.73 Å². The van der Waals surface area contributed by atoms with Crippen LogP contribution in [0.3, 0.4) is 0 Å². The van der Waals surface area contributed by atoms with E-state index in [1.165, 1.54) is 6.08 Å². The van der Waals surface area contributed by atoms with Crippen molar-refractivity contribution in [1.82, 2.24) is 0 Å². The number of rotatable bonds is 4. The van der Waals surface area contributed by atoms with Crippen molar-refractivity contribution in [1.29, 1.82) is 0 Å². The Hall–Kier alpha value is -1.77. The number of carbonyl (C=O) groups is 1. The summed E-state index contributed by atoms with van der Waals surface area (Å²) in [6, 6.07) is 2.08. The summed E-state index contributed by atoms with van der Waals surface area (Å²) in [4.78, 5) is 11.4. The van der Waals surface area contributed by atoms with E-state index in [-0.39, 0.29) is 12.1 Å². The Bertz CT molecular complexity index is 680. The second-order valence-corrected chi connectivity index (χ2v) is 6.86. The first-order valence-electron chi connectivity index (χ1n) is 7.86. The van der Waals surface area contributed by atoms with Crippen LogP contribution in [0.25, 0.3) is 6.08 Å². The van der Waals surface area contributed by atoms with E-state index in [1.807, 2.05) is 27.7 Å². The molecule has 1 fully saturated rings. The Morgan fingerprint density at radius 1 is 1.20 bits per heavy atom. The first kappa shape index (κ1) is 19.6. The zero-order chi connectivity index (χ0) is 19.0. The molecule has 0 spiro atoms. The lowest BCUT2D eigenvalue weighted by Crippen LogP contribution is -2.41. The molecular formula is C17H22BF2NO4. The molecule has 0 atom stereocenters. The molecule has 0 unspecified atom stereocenters. The standard InChI is InChI=1S/C17H22BF2NO4/c1-16(2)17(3,4)25-18(24-16)11(9-21)6-10-7-12(19)14(13(20)8-10)15(22)23-5/h6-8H,9,21H2,1-5H3. The lowest BCUT2D eigenvalue weighted by atomic mass is 9.77. The van der Waals surface area contributed by atoms with Crippen LogP contribution in [0.2, 0.25) is 0 Å². The number of nitrogens with two attached hydrogens (primary N) is 1. The number of ether oxygens (including phenoxy) is 1. The summed E-state index contributed by atoms with van der Waals surface area (Å²) in [5.41, 5.74) is 4.65. The van der Waals surface area contributed by atoms with Crippen LogP contribution in [-0.2, 0) is 14.0 Å². The van der Waals surface area contributed by atoms with E-state index in [2.05, 4.69) is 4.74 Å². The minimum absolute atomic E-state index is 0.0822. The predicted octanol–water partition coefficient (Wildman–Crippen LogP) is 2.72. The maximum Gasteiger partial charge on any atom is 0.491 e. The maximum absolute atomic E-state index is 14.1. The van der Waals surface area contributed by atoms with Crippen molar-refractivity contribution in [3.05, 3.63) is 40.4 Å². The van der Waals surface area contributed by atoms with E-state index in [0.29, 0.717) is 5.47 Å². The van der Waals surface area contributed by atoms with Gasteiger partial charge in [-0.15, -0.1) is 0 Å². The van der Waals surface area contributed by atoms with Crippen molar-refractivity contribution in [3.63, 3.8) is 0 Å². The highest BCUT2D eigenvalue weighted by molar-refractivity contribution is 6.55. The Kier molecular flexibility index (Phi) is 5.37. The lowest BCUT2D eigenvalue weighted by molar-refractivity contribution is 0.00578. The quantitative estimate of drug-likeness (QED) is 0.666. The van der Waals surface area contributed by atoms with E-state index in [1.54, 1.807) is 0 Å². The average molecular weight is 353 g/mol. The molecule has 1 heterocycles. The van der Waals surface area contributed by atoms with Crippen LogP contribution in [0.1, 0.15) is 43.6 Å². The summed E-state index contributed by atoms with van der Waals surface area (Å²) in [7, 11) is 0.334. The van der Waals surface area contributed by atoms with Crippen molar-refractivity contribution in [2.45, 2.75) is 38.9 Å². The van der Waals surface area contributed by atoms with Gasteiger partial charge in [-0.3, -0.25) is 0 Å². The number of benzene rings is 1. The van der Waals surface area contributed by atoms with Crippen molar-refractivity contribution in [2.75, 3.05) is 13.7 Å². The highest BCUT2D eigenvalue weighted by atomic mass is 19.1. The van der Waals surface area contributed by atoms with Gasteiger partial charge < -0.3 is 19.8 Å². The molecule has 0 saturated carbocycles. The van der Waals surface area contributed by atoms with E-state index >= 15 is 0 Å². The molecule has 0 bridgehead atoms. The highest BCUT2D eigenvalue weighted by Gasteiger charge is 2.52. The van der Waals surface area contributed by atoms with Crippen LogP contribution in [0.5, 0.6) is 0 Å². The van der Waals surface area contributed by atoms with Gasteiger partial charge in [-0.1, -0.05) is 6.08 Å². The summed E-state index contributed by atoms with van der Waals surface area (Å²) >= 11 is 0. The maximum atomic E-state index is 14.1. The Morgan fingerprint density at radius 2 is 1.68 bits per heavy atom. The van der Waals surface area contributed by atoms with Crippen LogP contribution in [-0.4, -0.2) is 37.9 Å². The smallest absolute Gasteiger partial charge is 0.465 e. The molecule has 1 aromatic carbocycles. The van der Waals surface area contributed by atoms with Gasteiger partial charge in [0, 0.05) is 6.54 Å². The van der Waals surface area contributed by atoms with Crippen LogP contribution in [0.4, 0.5) is 8.78 Å². The predicted molar refractivity (Wildman–Crippen MR) is 90.8 cm³/mol. The summed E-state index contributed by atoms with van der Waals surface area (Å²) in [6.45, 7) is 7.66. The van der Waals surface area contributed by atoms with Crippen molar-refractivity contribution >= 4 is 19.2 Å². The summed E-state index contributed by atoms with van der Waals surface area (Å²) < 4.78 is 44.3. The molecule has 0 amide bonds. The van der Waals surface area contributed by atoms with Gasteiger partial charge >= 0.3 is 13.1 Å². The van der Waals surface area contributed by atoms with Crippen LogP contribution in [0.15, 0.2) is 17.6 Å². The van der Waals surface area contributed by atoms with Gasteiger partial charge in [0.2, 0.25) is 0 Å². The SMILES string of the molecule is COC(=O)c1c(F)cc(C=C(CN)B2OC(C)(C)C(C)(C)O2)cc1F. The first-order valence-corrected chi connectivity index (χ1v) is 7.86. The number of hydrogen-bond donors (Lipinski definition) is 1. The molecular weight excluding hydrogens is 331 g/mol. The summed E-state index contributed by atoms with van der Waals surface area (Å²) in [6.07, 6.45) is 1.50. The summed E-state index contributed by atoms with van der Waals surface area (Å²) in [5, 5.41) is 0. The number of halogens is 2. The van der Waals surface area contributed by atoms with E-state index in [9.17, 15) is 13.6 Å². The molecule has 136 valence electrons. The third-order valence-corrected chi connectivity index (χ3v) is 4.60. The number of hydrogen-bond acceptors (Lipinski definition) is 5. The van der Waals surface area contributed by atoms with Crippen LogP contribution < -0.4 is 5.73 Å². The second kappa shape index (κ2) is 6.86. The fourth-order valence-electron chi connectivity index (χ4n) is 2.40. The van der Waals surface area contributed by atoms with Gasteiger partial charge in [-0.2, -0.15) is 0 Å². The molecule has 1 aliphatic heterocycles. The number of esters is 1. The molecule has 0 radical (unpaired) electrons. The van der Waals surface area contributed by atoms with E-state index < -0.39 is 41.5 Å².